The summed E-state index contributed by atoms with van der Waals surface area (Å²) in [5.41, 5.74) is 1.61. The van der Waals surface area contributed by atoms with Crippen LogP contribution in [-0.2, 0) is 10.0 Å². The SMILES string of the molecule is Cc1ccc(O)c(S(=O)(=O)N2CCN(C(=O)c3ccc(-c4nc5ccccc5s4)o3)CC2)c1. The zero-order valence-electron chi connectivity index (χ0n) is 17.8. The average molecular weight is 484 g/mol. The third kappa shape index (κ3) is 4.01. The number of rotatable bonds is 4. The molecule has 0 aliphatic carbocycles. The topological polar surface area (TPSA) is 104 Å². The molecule has 2 aromatic heterocycles. The van der Waals surface area contributed by atoms with Gasteiger partial charge in [-0.05, 0) is 48.9 Å². The van der Waals surface area contributed by atoms with Gasteiger partial charge in [-0.1, -0.05) is 18.2 Å². The third-order valence-electron chi connectivity index (χ3n) is 5.58. The third-order valence-corrected chi connectivity index (χ3v) is 8.56. The Balaban J connectivity index is 1.29. The minimum Gasteiger partial charge on any atom is -0.507 e. The van der Waals surface area contributed by atoms with Crippen molar-refractivity contribution in [2.45, 2.75) is 11.8 Å². The van der Waals surface area contributed by atoms with Crippen molar-refractivity contribution >= 4 is 37.5 Å². The Bertz CT molecular complexity index is 1420. The number of aromatic hydroxyl groups is 1. The minimum absolute atomic E-state index is 0.117. The first-order valence-corrected chi connectivity index (χ1v) is 12.6. The number of aromatic nitrogens is 1. The number of aryl methyl sites for hydroxylation is 1. The molecule has 5 rings (SSSR count). The van der Waals surface area contributed by atoms with Crippen LogP contribution in [0.25, 0.3) is 21.0 Å². The molecule has 170 valence electrons. The molecule has 0 radical (unpaired) electrons. The highest BCUT2D eigenvalue weighted by Gasteiger charge is 2.33. The van der Waals surface area contributed by atoms with E-state index in [0.717, 1.165) is 15.8 Å². The molecule has 0 spiro atoms. The average Bonchev–Trinajstić information content (AvgIpc) is 3.47. The van der Waals surface area contributed by atoms with Crippen molar-refractivity contribution in [3.8, 4) is 16.5 Å². The lowest BCUT2D eigenvalue weighted by molar-refractivity contribution is 0.0667. The van der Waals surface area contributed by atoms with Crippen LogP contribution in [-0.4, -0.2) is 59.8 Å². The standard InChI is InChI=1S/C23H21N3O5S2/c1-15-6-7-17(27)21(14-15)33(29,30)26-12-10-25(11-13-26)23(28)19-9-8-18(31-19)22-24-16-4-2-3-5-20(16)32-22/h2-9,14,27H,10-13H2,1H3. The van der Waals surface area contributed by atoms with Gasteiger partial charge in [-0.15, -0.1) is 11.3 Å². The number of para-hydroxylation sites is 1. The van der Waals surface area contributed by atoms with E-state index in [4.69, 9.17) is 4.42 Å². The van der Waals surface area contributed by atoms with Crippen LogP contribution >= 0.6 is 11.3 Å². The molecule has 0 unspecified atom stereocenters. The molecule has 33 heavy (non-hydrogen) atoms. The number of piperazine rings is 1. The van der Waals surface area contributed by atoms with Gasteiger partial charge < -0.3 is 14.4 Å². The Labute approximate surface area is 194 Å². The number of sulfonamides is 1. The lowest BCUT2D eigenvalue weighted by Crippen LogP contribution is -2.50. The molecule has 1 aliphatic rings. The van der Waals surface area contributed by atoms with Crippen LogP contribution in [0.2, 0.25) is 0 Å². The van der Waals surface area contributed by atoms with E-state index in [-0.39, 0.29) is 48.5 Å². The van der Waals surface area contributed by atoms with E-state index in [1.165, 1.54) is 27.8 Å². The first kappa shape index (κ1) is 21.6. The second-order valence-electron chi connectivity index (χ2n) is 7.82. The monoisotopic (exact) mass is 483 g/mol. The van der Waals surface area contributed by atoms with Gasteiger partial charge in [-0.3, -0.25) is 4.79 Å². The van der Waals surface area contributed by atoms with Crippen molar-refractivity contribution in [2.24, 2.45) is 0 Å². The Kier molecular flexibility index (Phi) is 5.43. The van der Waals surface area contributed by atoms with Gasteiger partial charge in [-0.2, -0.15) is 4.31 Å². The summed E-state index contributed by atoms with van der Waals surface area (Å²) in [5, 5.41) is 10.7. The van der Waals surface area contributed by atoms with Gasteiger partial charge in [0.05, 0.1) is 10.2 Å². The van der Waals surface area contributed by atoms with Gasteiger partial charge in [-0.25, -0.2) is 13.4 Å². The number of phenolic OH excluding ortho intramolecular Hbond substituents is 1. The van der Waals surface area contributed by atoms with Crippen LogP contribution in [0.15, 0.2) is 63.9 Å². The van der Waals surface area contributed by atoms with E-state index < -0.39 is 10.0 Å². The van der Waals surface area contributed by atoms with Gasteiger partial charge in [0.1, 0.15) is 10.6 Å². The quantitative estimate of drug-likeness (QED) is 0.475. The second-order valence-corrected chi connectivity index (χ2v) is 10.8. The van der Waals surface area contributed by atoms with E-state index in [1.807, 2.05) is 24.3 Å². The lowest BCUT2D eigenvalue weighted by atomic mass is 10.2. The molecule has 8 nitrogen and oxygen atoms in total. The number of fused-ring (bicyclic) bond motifs is 1. The summed E-state index contributed by atoms with van der Waals surface area (Å²) in [5.74, 6) is 0.141. The number of nitrogens with zero attached hydrogens (tertiary/aromatic N) is 3. The van der Waals surface area contributed by atoms with Gasteiger partial charge in [0, 0.05) is 26.2 Å². The number of phenols is 1. The number of furan rings is 1. The molecule has 1 N–H and O–H groups in total. The number of carbonyl (C=O) groups excluding carboxylic acids is 1. The largest absolute Gasteiger partial charge is 0.507 e. The molecule has 3 heterocycles. The Morgan fingerprint density at radius 3 is 2.58 bits per heavy atom. The Hall–Kier alpha value is -3.21. The Morgan fingerprint density at radius 2 is 1.82 bits per heavy atom. The number of carbonyl (C=O) groups is 1. The molecule has 0 bridgehead atoms. The molecule has 1 fully saturated rings. The van der Waals surface area contributed by atoms with Gasteiger partial charge in [0.15, 0.2) is 16.5 Å². The molecule has 1 saturated heterocycles. The van der Waals surface area contributed by atoms with E-state index in [9.17, 15) is 18.3 Å². The predicted octanol–water partition coefficient (Wildman–Crippen LogP) is 3.72. The predicted molar refractivity (Wildman–Crippen MR) is 125 cm³/mol. The molecule has 1 amide bonds. The zero-order chi connectivity index (χ0) is 23.2. The van der Waals surface area contributed by atoms with Gasteiger partial charge >= 0.3 is 0 Å². The van der Waals surface area contributed by atoms with E-state index in [1.54, 1.807) is 30.0 Å². The maximum Gasteiger partial charge on any atom is 0.289 e. The molecular weight excluding hydrogens is 462 g/mol. The minimum atomic E-state index is -3.86. The first-order valence-electron chi connectivity index (χ1n) is 10.4. The fraction of sp³-hybridized carbons (Fsp3) is 0.217. The van der Waals surface area contributed by atoms with Gasteiger partial charge in [0.25, 0.3) is 5.91 Å². The van der Waals surface area contributed by atoms with Crippen LogP contribution < -0.4 is 0 Å². The van der Waals surface area contributed by atoms with Crippen molar-refractivity contribution < 1.29 is 22.7 Å². The van der Waals surface area contributed by atoms with E-state index >= 15 is 0 Å². The molecule has 10 heteroatoms. The van der Waals surface area contributed by atoms with Crippen molar-refractivity contribution in [3.05, 3.63) is 65.9 Å². The van der Waals surface area contributed by atoms with Crippen molar-refractivity contribution in [1.82, 2.24) is 14.2 Å². The summed E-state index contributed by atoms with van der Waals surface area (Å²) in [6.07, 6.45) is 0. The van der Waals surface area contributed by atoms with Gasteiger partial charge in [0.2, 0.25) is 10.0 Å². The molecule has 4 aromatic rings. The first-order chi connectivity index (χ1) is 15.8. The highest BCUT2D eigenvalue weighted by molar-refractivity contribution is 7.89. The number of hydrogen-bond donors (Lipinski definition) is 1. The molecule has 0 atom stereocenters. The van der Waals surface area contributed by atoms with Crippen molar-refractivity contribution in [3.63, 3.8) is 0 Å². The summed E-state index contributed by atoms with van der Waals surface area (Å²) in [6.45, 7) is 2.48. The van der Waals surface area contributed by atoms with Crippen LogP contribution in [0, 0.1) is 6.92 Å². The van der Waals surface area contributed by atoms with Crippen molar-refractivity contribution in [1.29, 1.82) is 0 Å². The number of benzene rings is 2. The molecule has 2 aromatic carbocycles. The van der Waals surface area contributed by atoms with Crippen LogP contribution in [0.3, 0.4) is 0 Å². The van der Waals surface area contributed by atoms with E-state index in [0.29, 0.717) is 10.8 Å². The number of hydrogen-bond acceptors (Lipinski definition) is 7. The number of thiazole rings is 1. The molecule has 1 aliphatic heterocycles. The fourth-order valence-corrected chi connectivity index (χ4v) is 6.32. The van der Waals surface area contributed by atoms with Crippen molar-refractivity contribution in [2.75, 3.05) is 26.2 Å². The van der Waals surface area contributed by atoms with Crippen LogP contribution in [0.4, 0.5) is 0 Å². The Morgan fingerprint density at radius 1 is 1.06 bits per heavy atom. The van der Waals surface area contributed by atoms with Crippen LogP contribution in [0.5, 0.6) is 5.75 Å². The summed E-state index contributed by atoms with van der Waals surface area (Å²) in [4.78, 5) is 19.0. The summed E-state index contributed by atoms with van der Waals surface area (Å²) in [6, 6.07) is 15.6. The number of amides is 1. The lowest BCUT2D eigenvalue weighted by Gasteiger charge is -2.33. The van der Waals surface area contributed by atoms with E-state index in [2.05, 4.69) is 4.98 Å². The summed E-state index contributed by atoms with van der Waals surface area (Å²) in [7, 11) is -3.86. The zero-order valence-corrected chi connectivity index (χ0v) is 19.4. The maximum atomic E-state index is 13.0. The molecular formula is C23H21N3O5S2. The summed E-state index contributed by atoms with van der Waals surface area (Å²) < 4.78 is 34.1. The maximum absolute atomic E-state index is 13.0. The fourth-order valence-electron chi connectivity index (χ4n) is 3.80. The second kappa shape index (κ2) is 8.29. The van der Waals surface area contributed by atoms with Crippen LogP contribution in [0.1, 0.15) is 16.1 Å². The highest BCUT2D eigenvalue weighted by atomic mass is 32.2. The molecule has 0 saturated carbocycles. The normalized spacial score (nSPS) is 15.2. The highest BCUT2D eigenvalue weighted by Crippen LogP contribution is 2.32. The summed E-state index contributed by atoms with van der Waals surface area (Å²) >= 11 is 1.49. The smallest absolute Gasteiger partial charge is 0.289 e.